The molecule has 2 heteroatoms. The summed E-state index contributed by atoms with van der Waals surface area (Å²) in [5.74, 6) is -0.325. The summed E-state index contributed by atoms with van der Waals surface area (Å²) in [5.41, 5.74) is 8.61. The summed E-state index contributed by atoms with van der Waals surface area (Å²) in [6.07, 6.45) is 2.44. The van der Waals surface area contributed by atoms with Gasteiger partial charge in [-0.05, 0) is 42.4 Å². The number of hydrogen-bond donors (Lipinski definition) is 1. The minimum atomic E-state index is -0.325. The van der Waals surface area contributed by atoms with E-state index in [4.69, 9.17) is 5.73 Å². The Kier molecular flexibility index (Phi) is 1.88. The molecule has 74 valence electrons. The van der Waals surface area contributed by atoms with Crippen molar-refractivity contribution in [2.75, 3.05) is 0 Å². The fraction of sp³-hybridized carbons (Fsp3) is 0.417. The third kappa shape index (κ3) is 1.31. The zero-order valence-corrected chi connectivity index (χ0v) is 8.63. The van der Waals surface area contributed by atoms with Gasteiger partial charge in [-0.25, -0.2) is 0 Å². The molecule has 0 spiro atoms. The first-order valence-electron chi connectivity index (χ1n) is 4.94. The molecule has 0 atom stereocenters. The first-order valence-corrected chi connectivity index (χ1v) is 4.94. The molecule has 0 unspecified atom stereocenters. The van der Waals surface area contributed by atoms with Crippen LogP contribution >= 0.6 is 0 Å². The van der Waals surface area contributed by atoms with Gasteiger partial charge in [0.1, 0.15) is 0 Å². The summed E-state index contributed by atoms with van der Waals surface area (Å²) in [6.45, 7) is 4.22. The third-order valence-corrected chi connectivity index (χ3v) is 3.25. The van der Waals surface area contributed by atoms with Gasteiger partial charge in [0, 0.05) is 5.56 Å². The first kappa shape index (κ1) is 9.25. The zero-order chi connectivity index (χ0) is 10.3. The molecule has 0 saturated heterocycles. The van der Waals surface area contributed by atoms with E-state index in [0.717, 1.165) is 5.56 Å². The second kappa shape index (κ2) is 2.84. The fourth-order valence-corrected chi connectivity index (χ4v) is 2.01. The van der Waals surface area contributed by atoms with Crippen LogP contribution in [0.15, 0.2) is 18.2 Å². The average Bonchev–Trinajstić information content (AvgIpc) is 2.84. The largest absolute Gasteiger partial charge is 0.366 e. The van der Waals surface area contributed by atoms with Crippen molar-refractivity contribution in [1.82, 2.24) is 0 Å². The standard InChI is InChI=1S/C12H15NO/c1-8-9(11(13)14)4-3-5-10(8)12(2)6-7-12/h3-5H,6-7H2,1-2H3,(H2,13,14). The number of primary amides is 1. The van der Waals surface area contributed by atoms with Gasteiger partial charge < -0.3 is 5.73 Å². The topological polar surface area (TPSA) is 43.1 Å². The molecule has 1 saturated carbocycles. The molecule has 2 nitrogen and oxygen atoms in total. The van der Waals surface area contributed by atoms with E-state index in [1.165, 1.54) is 18.4 Å². The minimum absolute atomic E-state index is 0.301. The van der Waals surface area contributed by atoms with Gasteiger partial charge in [0.2, 0.25) is 5.91 Å². The molecule has 0 radical (unpaired) electrons. The highest BCUT2D eigenvalue weighted by molar-refractivity contribution is 5.94. The molecule has 1 aliphatic carbocycles. The van der Waals surface area contributed by atoms with Crippen LogP contribution in [0.1, 0.15) is 41.3 Å². The predicted octanol–water partition coefficient (Wildman–Crippen LogP) is 2.15. The first-order chi connectivity index (χ1) is 6.54. The van der Waals surface area contributed by atoms with E-state index in [1.807, 2.05) is 13.0 Å². The van der Waals surface area contributed by atoms with E-state index in [9.17, 15) is 4.79 Å². The third-order valence-electron chi connectivity index (χ3n) is 3.25. The Labute approximate surface area is 84.1 Å². The summed E-state index contributed by atoms with van der Waals surface area (Å²) in [7, 11) is 0. The van der Waals surface area contributed by atoms with Gasteiger partial charge in [-0.3, -0.25) is 4.79 Å². The molecule has 0 aromatic heterocycles. The predicted molar refractivity (Wildman–Crippen MR) is 56.3 cm³/mol. The Morgan fingerprint density at radius 3 is 2.57 bits per heavy atom. The highest BCUT2D eigenvalue weighted by atomic mass is 16.1. The molecule has 1 aromatic carbocycles. The minimum Gasteiger partial charge on any atom is -0.366 e. The number of benzene rings is 1. The molecule has 14 heavy (non-hydrogen) atoms. The van der Waals surface area contributed by atoms with E-state index in [0.29, 0.717) is 11.0 Å². The van der Waals surface area contributed by atoms with Gasteiger partial charge in [-0.1, -0.05) is 19.1 Å². The van der Waals surface area contributed by atoms with Crippen molar-refractivity contribution in [1.29, 1.82) is 0 Å². The maximum Gasteiger partial charge on any atom is 0.248 e. The van der Waals surface area contributed by atoms with Crippen molar-refractivity contribution in [3.63, 3.8) is 0 Å². The Morgan fingerprint density at radius 2 is 2.07 bits per heavy atom. The number of carbonyl (C=O) groups is 1. The summed E-state index contributed by atoms with van der Waals surface area (Å²) >= 11 is 0. The number of carbonyl (C=O) groups excluding carboxylic acids is 1. The number of nitrogens with two attached hydrogens (primary N) is 1. The van der Waals surface area contributed by atoms with Crippen LogP contribution in [-0.4, -0.2) is 5.91 Å². The van der Waals surface area contributed by atoms with Gasteiger partial charge in [0.05, 0.1) is 0 Å². The summed E-state index contributed by atoms with van der Waals surface area (Å²) in [6, 6.07) is 5.83. The second-order valence-electron chi connectivity index (χ2n) is 4.40. The van der Waals surface area contributed by atoms with Crippen molar-refractivity contribution in [2.24, 2.45) is 5.73 Å². The van der Waals surface area contributed by atoms with Gasteiger partial charge in [-0.2, -0.15) is 0 Å². The molecular weight excluding hydrogens is 174 g/mol. The second-order valence-corrected chi connectivity index (χ2v) is 4.40. The highest BCUT2D eigenvalue weighted by Crippen LogP contribution is 2.48. The van der Waals surface area contributed by atoms with E-state index in [-0.39, 0.29) is 5.91 Å². The monoisotopic (exact) mass is 189 g/mol. The molecule has 1 aliphatic rings. The Bertz CT molecular complexity index is 391. The quantitative estimate of drug-likeness (QED) is 0.761. The lowest BCUT2D eigenvalue weighted by molar-refractivity contribution is 0.0999. The van der Waals surface area contributed by atoms with Crippen LogP contribution in [-0.2, 0) is 5.41 Å². The summed E-state index contributed by atoms with van der Waals surface area (Å²) in [4.78, 5) is 11.1. The lowest BCUT2D eigenvalue weighted by Gasteiger charge is -2.14. The van der Waals surface area contributed by atoms with Crippen molar-refractivity contribution in [2.45, 2.75) is 32.1 Å². The fourth-order valence-electron chi connectivity index (χ4n) is 2.01. The van der Waals surface area contributed by atoms with Crippen LogP contribution < -0.4 is 5.73 Å². The molecule has 2 rings (SSSR count). The van der Waals surface area contributed by atoms with E-state index < -0.39 is 0 Å². The van der Waals surface area contributed by atoms with E-state index >= 15 is 0 Å². The maximum atomic E-state index is 11.1. The van der Waals surface area contributed by atoms with Crippen molar-refractivity contribution in [3.05, 3.63) is 34.9 Å². The average molecular weight is 189 g/mol. The van der Waals surface area contributed by atoms with Crippen LogP contribution in [0.2, 0.25) is 0 Å². The number of rotatable bonds is 2. The van der Waals surface area contributed by atoms with Gasteiger partial charge in [0.15, 0.2) is 0 Å². The van der Waals surface area contributed by atoms with Gasteiger partial charge in [0.25, 0.3) is 0 Å². The maximum absolute atomic E-state index is 11.1. The molecule has 1 fully saturated rings. The number of amides is 1. The van der Waals surface area contributed by atoms with Gasteiger partial charge in [-0.15, -0.1) is 0 Å². The highest BCUT2D eigenvalue weighted by Gasteiger charge is 2.40. The summed E-state index contributed by atoms with van der Waals surface area (Å²) < 4.78 is 0. The van der Waals surface area contributed by atoms with Crippen molar-refractivity contribution < 1.29 is 4.79 Å². The van der Waals surface area contributed by atoms with E-state index in [1.54, 1.807) is 6.07 Å². The molecule has 1 aromatic rings. The Balaban J connectivity index is 2.52. The lowest BCUT2D eigenvalue weighted by atomic mass is 9.91. The van der Waals surface area contributed by atoms with Crippen LogP contribution in [0.3, 0.4) is 0 Å². The van der Waals surface area contributed by atoms with Crippen LogP contribution in [0.5, 0.6) is 0 Å². The SMILES string of the molecule is Cc1c(C(N)=O)cccc1C1(C)CC1. The lowest BCUT2D eigenvalue weighted by Crippen LogP contribution is -2.15. The molecule has 1 amide bonds. The Hall–Kier alpha value is -1.31. The molecule has 2 N–H and O–H groups in total. The molecule has 0 aliphatic heterocycles. The smallest absolute Gasteiger partial charge is 0.248 e. The molecule has 0 bridgehead atoms. The van der Waals surface area contributed by atoms with E-state index in [2.05, 4.69) is 13.0 Å². The van der Waals surface area contributed by atoms with Crippen molar-refractivity contribution >= 4 is 5.91 Å². The zero-order valence-electron chi connectivity index (χ0n) is 8.63. The Morgan fingerprint density at radius 1 is 1.43 bits per heavy atom. The molecular formula is C12H15NO. The van der Waals surface area contributed by atoms with Crippen LogP contribution in [0, 0.1) is 6.92 Å². The van der Waals surface area contributed by atoms with Crippen LogP contribution in [0.4, 0.5) is 0 Å². The normalized spacial score (nSPS) is 17.9. The summed E-state index contributed by atoms with van der Waals surface area (Å²) in [5, 5.41) is 0. The van der Waals surface area contributed by atoms with Crippen LogP contribution in [0.25, 0.3) is 0 Å². The number of hydrogen-bond acceptors (Lipinski definition) is 1. The molecule has 0 heterocycles. The van der Waals surface area contributed by atoms with Gasteiger partial charge >= 0.3 is 0 Å². The van der Waals surface area contributed by atoms with Crippen molar-refractivity contribution in [3.8, 4) is 0 Å².